The van der Waals surface area contributed by atoms with E-state index in [1.54, 1.807) is 6.92 Å². The lowest BCUT2D eigenvalue weighted by Crippen LogP contribution is -2.28. The van der Waals surface area contributed by atoms with Gasteiger partial charge in [-0.1, -0.05) is 34.1 Å². The molecule has 0 fully saturated rings. The second kappa shape index (κ2) is 5.09. The minimum atomic E-state index is -3.15. The molecule has 0 spiro atoms. The molecule has 0 saturated carbocycles. The van der Waals surface area contributed by atoms with E-state index in [4.69, 9.17) is 0 Å². The molecule has 0 amide bonds. The lowest BCUT2D eigenvalue weighted by Gasteiger charge is -2.15. The Morgan fingerprint density at radius 2 is 2.00 bits per heavy atom. The van der Waals surface area contributed by atoms with Crippen LogP contribution in [0.15, 0.2) is 28.7 Å². The van der Waals surface area contributed by atoms with Gasteiger partial charge in [-0.25, -0.2) is 13.1 Å². The minimum absolute atomic E-state index is 0.0990. The average Bonchev–Trinajstić information content (AvgIpc) is 2.17. The van der Waals surface area contributed by atoms with Crippen molar-refractivity contribution < 1.29 is 8.42 Å². The molecule has 0 aliphatic rings. The van der Waals surface area contributed by atoms with Crippen molar-refractivity contribution in [2.75, 3.05) is 5.75 Å². The SMILES string of the molecule is CCS(=O)(=O)N[C@@H](C)c1ccccc1Br. The molecule has 5 heteroatoms. The smallest absolute Gasteiger partial charge is 0.211 e. The molecule has 0 unspecified atom stereocenters. The minimum Gasteiger partial charge on any atom is -0.212 e. The highest BCUT2D eigenvalue weighted by atomic mass is 79.9. The van der Waals surface area contributed by atoms with Crippen LogP contribution in [-0.2, 0) is 10.0 Å². The molecular formula is C10H14BrNO2S. The molecule has 0 heterocycles. The number of halogens is 1. The number of benzene rings is 1. The van der Waals surface area contributed by atoms with Gasteiger partial charge in [-0.05, 0) is 25.5 Å². The zero-order chi connectivity index (χ0) is 11.5. The van der Waals surface area contributed by atoms with Gasteiger partial charge in [-0.3, -0.25) is 0 Å². The Balaban J connectivity index is 2.87. The van der Waals surface area contributed by atoms with Crippen LogP contribution in [0.3, 0.4) is 0 Å². The molecule has 84 valence electrons. The number of hydrogen-bond acceptors (Lipinski definition) is 2. The number of nitrogens with one attached hydrogen (secondary N) is 1. The molecule has 1 rings (SSSR count). The van der Waals surface area contributed by atoms with Gasteiger partial charge in [0.25, 0.3) is 0 Å². The van der Waals surface area contributed by atoms with Crippen molar-refractivity contribution in [3.63, 3.8) is 0 Å². The van der Waals surface area contributed by atoms with E-state index in [2.05, 4.69) is 20.7 Å². The van der Waals surface area contributed by atoms with E-state index in [1.165, 1.54) is 0 Å². The van der Waals surface area contributed by atoms with Gasteiger partial charge in [0.2, 0.25) is 10.0 Å². The average molecular weight is 292 g/mol. The molecule has 1 N–H and O–H groups in total. The molecule has 3 nitrogen and oxygen atoms in total. The standard InChI is InChI=1S/C10H14BrNO2S/c1-3-15(13,14)12-8(2)9-6-4-5-7-10(9)11/h4-8,12H,3H2,1-2H3/t8-/m0/s1. The van der Waals surface area contributed by atoms with Crippen LogP contribution in [0.25, 0.3) is 0 Å². The van der Waals surface area contributed by atoms with Gasteiger partial charge >= 0.3 is 0 Å². The van der Waals surface area contributed by atoms with Crippen LogP contribution in [0.5, 0.6) is 0 Å². The maximum atomic E-state index is 11.4. The van der Waals surface area contributed by atoms with Crippen molar-refractivity contribution in [2.24, 2.45) is 0 Å². The fourth-order valence-corrected chi connectivity index (χ4v) is 2.70. The Hall–Kier alpha value is -0.390. The Kier molecular flexibility index (Phi) is 4.31. The number of hydrogen-bond donors (Lipinski definition) is 1. The zero-order valence-corrected chi connectivity index (χ0v) is 11.1. The lowest BCUT2D eigenvalue weighted by atomic mass is 10.1. The molecule has 0 saturated heterocycles. The summed E-state index contributed by atoms with van der Waals surface area (Å²) in [5.41, 5.74) is 0.939. The summed E-state index contributed by atoms with van der Waals surface area (Å²) in [6.45, 7) is 3.45. The van der Waals surface area contributed by atoms with Crippen LogP contribution >= 0.6 is 15.9 Å². The maximum absolute atomic E-state index is 11.4. The third-order valence-electron chi connectivity index (χ3n) is 2.11. The first-order valence-corrected chi connectivity index (χ1v) is 7.15. The summed E-state index contributed by atoms with van der Waals surface area (Å²) in [5.74, 6) is 0.0990. The molecule has 1 aromatic rings. The molecule has 1 atom stereocenters. The van der Waals surface area contributed by atoms with Gasteiger partial charge in [0.15, 0.2) is 0 Å². The molecule has 15 heavy (non-hydrogen) atoms. The first-order chi connectivity index (χ1) is 6.96. The van der Waals surface area contributed by atoms with Crippen LogP contribution in [0.4, 0.5) is 0 Å². The highest BCUT2D eigenvalue weighted by Gasteiger charge is 2.14. The first kappa shape index (κ1) is 12.7. The molecule has 0 radical (unpaired) electrons. The zero-order valence-electron chi connectivity index (χ0n) is 8.70. The van der Waals surface area contributed by atoms with E-state index >= 15 is 0 Å². The van der Waals surface area contributed by atoms with Crippen molar-refractivity contribution in [3.05, 3.63) is 34.3 Å². The predicted octanol–water partition coefficient (Wildman–Crippen LogP) is 2.45. The number of sulfonamides is 1. The second-order valence-corrected chi connectivity index (χ2v) is 6.16. The molecule has 0 aliphatic heterocycles. The van der Waals surface area contributed by atoms with Crippen molar-refractivity contribution in [3.8, 4) is 0 Å². The maximum Gasteiger partial charge on any atom is 0.211 e. The van der Waals surface area contributed by atoms with Crippen LogP contribution in [-0.4, -0.2) is 14.2 Å². The predicted molar refractivity (Wildman–Crippen MR) is 65.2 cm³/mol. The third kappa shape index (κ3) is 3.59. The van der Waals surface area contributed by atoms with Crippen molar-refractivity contribution in [2.45, 2.75) is 19.9 Å². The van der Waals surface area contributed by atoms with Gasteiger partial charge in [0.1, 0.15) is 0 Å². The highest BCUT2D eigenvalue weighted by molar-refractivity contribution is 9.10. The lowest BCUT2D eigenvalue weighted by molar-refractivity contribution is 0.568. The Morgan fingerprint density at radius 1 is 1.40 bits per heavy atom. The topological polar surface area (TPSA) is 46.2 Å². The van der Waals surface area contributed by atoms with Gasteiger partial charge < -0.3 is 0 Å². The van der Waals surface area contributed by atoms with E-state index in [9.17, 15) is 8.42 Å². The van der Waals surface area contributed by atoms with E-state index in [0.29, 0.717) is 0 Å². The van der Waals surface area contributed by atoms with E-state index in [0.717, 1.165) is 10.0 Å². The van der Waals surface area contributed by atoms with Crippen LogP contribution in [0.1, 0.15) is 25.5 Å². The molecule has 0 bridgehead atoms. The summed E-state index contributed by atoms with van der Waals surface area (Å²) in [5, 5.41) is 0. The second-order valence-electron chi connectivity index (χ2n) is 3.26. The fourth-order valence-electron chi connectivity index (χ4n) is 1.24. The Bertz CT molecular complexity index is 431. The van der Waals surface area contributed by atoms with Gasteiger partial charge in [0, 0.05) is 10.5 Å². The Morgan fingerprint density at radius 3 is 2.53 bits per heavy atom. The summed E-state index contributed by atoms with van der Waals surface area (Å²) in [4.78, 5) is 0. The summed E-state index contributed by atoms with van der Waals surface area (Å²) in [7, 11) is -3.15. The third-order valence-corrected chi connectivity index (χ3v) is 4.30. The quantitative estimate of drug-likeness (QED) is 0.926. The normalized spacial score (nSPS) is 13.8. The van der Waals surface area contributed by atoms with E-state index in [1.807, 2.05) is 31.2 Å². The largest absolute Gasteiger partial charge is 0.212 e. The van der Waals surface area contributed by atoms with Crippen molar-refractivity contribution >= 4 is 26.0 Å². The first-order valence-electron chi connectivity index (χ1n) is 4.70. The van der Waals surface area contributed by atoms with Crippen molar-refractivity contribution in [1.82, 2.24) is 4.72 Å². The van der Waals surface area contributed by atoms with Crippen LogP contribution in [0.2, 0.25) is 0 Å². The molecule has 1 aromatic carbocycles. The monoisotopic (exact) mass is 291 g/mol. The molecule has 0 aliphatic carbocycles. The summed E-state index contributed by atoms with van der Waals surface area (Å²) in [6.07, 6.45) is 0. The van der Waals surface area contributed by atoms with Gasteiger partial charge in [-0.15, -0.1) is 0 Å². The van der Waals surface area contributed by atoms with Crippen molar-refractivity contribution in [1.29, 1.82) is 0 Å². The van der Waals surface area contributed by atoms with Crippen LogP contribution < -0.4 is 4.72 Å². The van der Waals surface area contributed by atoms with Gasteiger partial charge in [-0.2, -0.15) is 0 Å². The number of rotatable bonds is 4. The highest BCUT2D eigenvalue weighted by Crippen LogP contribution is 2.23. The van der Waals surface area contributed by atoms with Crippen LogP contribution in [0, 0.1) is 0 Å². The van der Waals surface area contributed by atoms with E-state index in [-0.39, 0.29) is 11.8 Å². The van der Waals surface area contributed by atoms with Gasteiger partial charge in [0.05, 0.1) is 5.75 Å². The molecular weight excluding hydrogens is 278 g/mol. The molecule has 0 aromatic heterocycles. The fraction of sp³-hybridized carbons (Fsp3) is 0.400. The summed E-state index contributed by atoms with van der Waals surface area (Å²) in [6, 6.07) is 7.36. The Labute approximate surface area is 99.1 Å². The summed E-state index contributed by atoms with van der Waals surface area (Å²) >= 11 is 3.39. The summed E-state index contributed by atoms with van der Waals surface area (Å²) < 4.78 is 26.3. The van der Waals surface area contributed by atoms with E-state index < -0.39 is 10.0 Å².